The number of rotatable bonds is 6. The van der Waals surface area contributed by atoms with E-state index in [2.05, 4.69) is 52.9 Å². The molecule has 0 fully saturated rings. The zero-order valence-electron chi connectivity index (χ0n) is 12.9. The molecule has 0 aromatic heterocycles. The van der Waals surface area contributed by atoms with Crippen molar-refractivity contribution in [2.24, 2.45) is 0 Å². The summed E-state index contributed by atoms with van der Waals surface area (Å²) in [5, 5.41) is 0. The van der Waals surface area contributed by atoms with E-state index in [1.165, 1.54) is 11.1 Å². The van der Waals surface area contributed by atoms with E-state index in [4.69, 9.17) is 4.74 Å². The molecule has 0 amide bonds. The predicted octanol–water partition coefficient (Wildman–Crippen LogP) is 4.39. The first-order chi connectivity index (χ1) is 10.6. The molecule has 0 bridgehead atoms. The van der Waals surface area contributed by atoms with Crippen LogP contribution >= 0.6 is 15.9 Å². The summed E-state index contributed by atoms with van der Waals surface area (Å²) in [7, 11) is 0. The van der Waals surface area contributed by atoms with Gasteiger partial charge < -0.3 is 4.74 Å². The number of nitrogens with zero attached hydrogens (tertiary/aromatic N) is 1. The van der Waals surface area contributed by atoms with Gasteiger partial charge in [-0.2, -0.15) is 0 Å². The first kappa shape index (κ1) is 16.7. The Bertz CT molecular complexity index is 628. The maximum atomic E-state index is 12.0. The van der Waals surface area contributed by atoms with Gasteiger partial charge >= 0.3 is 5.97 Å². The van der Waals surface area contributed by atoms with Crippen LogP contribution in [0.15, 0.2) is 53.0 Å². The molecule has 116 valence electrons. The van der Waals surface area contributed by atoms with Crippen molar-refractivity contribution in [1.29, 1.82) is 0 Å². The molecular formula is C18H20BrNO2. The van der Waals surface area contributed by atoms with Crippen LogP contribution in [0, 0.1) is 6.92 Å². The van der Waals surface area contributed by atoms with Crippen LogP contribution in [0.3, 0.4) is 0 Å². The summed E-state index contributed by atoms with van der Waals surface area (Å²) in [5.74, 6) is -0.289. The first-order valence-electron chi connectivity index (χ1n) is 7.29. The van der Waals surface area contributed by atoms with Gasteiger partial charge in [-0.25, -0.2) is 4.79 Å². The van der Waals surface area contributed by atoms with Crippen molar-refractivity contribution in [3.63, 3.8) is 0 Å². The Labute approximate surface area is 140 Å². The van der Waals surface area contributed by atoms with E-state index >= 15 is 0 Å². The third-order valence-electron chi connectivity index (χ3n) is 3.43. The van der Waals surface area contributed by atoms with Crippen LogP contribution in [-0.2, 0) is 11.3 Å². The van der Waals surface area contributed by atoms with Crippen LogP contribution in [0.2, 0.25) is 0 Å². The van der Waals surface area contributed by atoms with Gasteiger partial charge in [-0.1, -0.05) is 58.7 Å². The van der Waals surface area contributed by atoms with Crippen LogP contribution in [0.1, 0.15) is 28.4 Å². The van der Waals surface area contributed by atoms with E-state index in [9.17, 15) is 4.79 Å². The molecule has 0 heterocycles. The average Bonchev–Trinajstić information content (AvgIpc) is 2.55. The van der Waals surface area contributed by atoms with Gasteiger partial charge in [-0.15, -0.1) is 0 Å². The van der Waals surface area contributed by atoms with Gasteiger partial charge in [0, 0.05) is 11.0 Å². The minimum Gasteiger partial charge on any atom is -0.446 e. The average molecular weight is 362 g/mol. The normalized spacial score (nSPS) is 10.7. The van der Waals surface area contributed by atoms with Crippen molar-refractivity contribution in [3.05, 3.63) is 69.7 Å². The van der Waals surface area contributed by atoms with Crippen molar-refractivity contribution in [2.75, 3.05) is 13.3 Å². The number of benzene rings is 2. The van der Waals surface area contributed by atoms with Crippen LogP contribution in [0.4, 0.5) is 0 Å². The molecule has 0 aliphatic carbocycles. The monoisotopic (exact) mass is 361 g/mol. The second kappa shape index (κ2) is 8.11. The second-order valence-electron chi connectivity index (χ2n) is 5.17. The smallest absolute Gasteiger partial charge is 0.339 e. The van der Waals surface area contributed by atoms with Crippen molar-refractivity contribution >= 4 is 21.9 Å². The standard InChI is InChI=1S/C18H20BrNO2/c1-3-20(12-16-11-14(2)9-10-17(16)19)13-22-18(21)15-7-5-4-6-8-15/h4-11H,3,12-13H2,1-2H3. The summed E-state index contributed by atoms with van der Waals surface area (Å²) >= 11 is 3.57. The van der Waals surface area contributed by atoms with Crippen molar-refractivity contribution in [3.8, 4) is 0 Å². The van der Waals surface area contributed by atoms with Crippen molar-refractivity contribution in [1.82, 2.24) is 4.90 Å². The third-order valence-corrected chi connectivity index (χ3v) is 4.20. The van der Waals surface area contributed by atoms with E-state index in [0.29, 0.717) is 5.56 Å². The first-order valence-corrected chi connectivity index (χ1v) is 8.09. The summed E-state index contributed by atoms with van der Waals surface area (Å²) in [6.45, 7) is 5.95. The Kier molecular flexibility index (Phi) is 6.16. The lowest BCUT2D eigenvalue weighted by Gasteiger charge is -2.21. The quantitative estimate of drug-likeness (QED) is 0.564. The molecule has 0 aliphatic heterocycles. The topological polar surface area (TPSA) is 29.5 Å². The molecule has 0 spiro atoms. The minimum atomic E-state index is -0.289. The number of aryl methyl sites for hydroxylation is 1. The zero-order chi connectivity index (χ0) is 15.9. The number of ether oxygens (including phenoxy) is 1. The highest BCUT2D eigenvalue weighted by atomic mass is 79.9. The SMILES string of the molecule is CCN(COC(=O)c1ccccc1)Cc1cc(C)ccc1Br. The molecule has 0 saturated carbocycles. The van der Waals surface area contributed by atoms with E-state index in [-0.39, 0.29) is 12.7 Å². The van der Waals surface area contributed by atoms with Crippen LogP contribution in [0.5, 0.6) is 0 Å². The van der Waals surface area contributed by atoms with E-state index in [1.54, 1.807) is 12.1 Å². The maximum Gasteiger partial charge on any atom is 0.339 e. The molecule has 0 aliphatic rings. The summed E-state index contributed by atoms with van der Waals surface area (Å²) in [6.07, 6.45) is 0. The second-order valence-corrected chi connectivity index (χ2v) is 6.02. The van der Waals surface area contributed by atoms with Gasteiger partial charge in [0.1, 0.15) is 6.73 Å². The summed E-state index contributed by atoms with van der Waals surface area (Å²) in [5.41, 5.74) is 2.99. The Morgan fingerprint density at radius 3 is 2.59 bits per heavy atom. The number of esters is 1. The lowest BCUT2D eigenvalue weighted by molar-refractivity contribution is 0.0208. The Balaban J connectivity index is 1.95. The maximum absolute atomic E-state index is 12.0. The summed E-state index contributed by atoms with van der Waals surface area (Å²) in [6, 6.07) is 15.3. The molecule has 0 radical (unpaired) electrons. The fourth-order valence-corrected chi connectivity index (χ4v) is 2.49. The molecule has 0 atom stereocenters. The Morgan fingerprint density at radius 1 is 1.18 bits per heavy atom. The highest BCUT2D eigenvalue weighted by Crippen LogP contribution is 2.20. The van der Waals surface area contributed by atoms with Crippen molar-refractivity contribution in [2.45, 2.75) is 20.4 Å². The number of carbonyl (C=O) groups is 1. The molecule has 0 saturated heterocycles. The molecular weight excluding hydrogens is 342 g/mol. The van der Waals surface area contributed by atoms with Crippen LogP contribution < -0.4 is 0 Å². The Hall–Kier alpha value is -1.65. The van der Waals surface area contributed by atoms with Gasteiger partial charge in [0.15, 0.2) is 0 Å². The summed E-state index contributed by atoms with van der Waals surface area (Å²) < 4.78 is 6.47. The number of hydrogen-bond donors (Lipinski definition) is 0. The van der Waals surface area contributed by atoms with Crippen LogP contribution in [-0.4, -0.2) is 24.1 Å². The molecule has 0 N–H and O–H groups in total. The number of hydrogen-bond acceptors (Lipinski definition) is 3. The molecule has 2 aromatic carbocycles. The van der Waals surface area contributed by atoms with Gasteiger partial charge in [0.25, 0.3) is 0 Å². The van der Waals surface area contributed by atoms with Crippen molar-refractivity contribution < 1.29 is 9.53 Å². The van der Waals surface area contributed by atoms with Gasteiger partial charge in [0.2, 0.25) is 0 Å². The highest BCUT2D eigenvalue weighted by Gasteiger charge is 2.11. The highest BCUT2D eigenvalue weighted by molar-refractivity contribution is 9.10. The van der Waals surface area contributed by atoms with E-state index in [1.807, 2.05) is 18.2 Å². The van der Waals surface area contributed by atoms with Gasteiger partial charge in [-0.05, 0) is 37.2 Å². The largest absolute Gasteiger partial charge is 0.446 e. The number of carbonyl (C=O) groups excluding carboxylic acids is 1. The minimum absolute atomic E-state index is 0.282. The van der Waals surface area contributed by atoms with E-state index < -0.39 is 0 Å². The summed E-state index contributed by atoms with van der Waals surface area (Å²) in [4.78, 5) is 14.1. The molecule has 22 heavy (non-hydrogen) atoms. The lowest BCUT2D eigenvalue weighted by Crippen LogP contribution is -2.27. The van der Waals surface area contributed by atoms with Gasteiger partial charge in [0.05, 0.1) is 5.56 Å². The van der Waals surface area contributed by atoms with E-state index in [0.717, 1.165) is 17.6 Å². The molecule has 4 heteroatoms. The molecule has 3 nitrogen and oxygen atoms in total. The fraction of sp³-hybridized carbons (Fsp3) is 0.278. The lowest BCUT2D eigenvalue weighted by atomic mass is 10.1. The molecule has 0 unspecified atom stereocenters. The molecule has 2 aromatic rings. The Morgan fingerprint density at radius 2 is 1.91 bits per heavy atom. The third kappa shape index (κ3) is 4.68. The fourth-order valence-electron chi connectivity index (χ4n) is 2.12. The number of halogens is 1. The molecule has 2 rings (SSSR count). The van der Waals surface area contributed by atoms with Crippen LogP contribution in [0.25, 0.3) is 0 Å². The predicted molar refractivity (Wildman–Crippen MR) is 91.7 cm³/mol. The van der Waals surface area contributed by atoms with Gasteiger partial charge in [-0.3, -0.25) is 4.90 Å². The zero-order valence-corrected chi connectivity index (χ0v) is 14.5.